The van der Waals surface area contributed by atoms with Gasteiger partial charge in [-0.2, -0.15) is 0 Å². The van der Waals surface area contributed by atoms with Crippen LogP contribution < -0.4 is 5.32 Å². The van der Waals surface area contributed by atoms with E-state index in [0.717, 1.165) is 23.8 Å². The van der Waals surface area contributed by atoms with Crippen LogP contribution in [-0.4, -0.2) is 36.1 Å². The Kier molecular flexibility index (Phi) is 3.44. The summed E-state index contributed by atoms with van der Waals surface area (Å²) in [4.78, 5) is 2.81. The molecule has 2 heteroatoms. The summed E-state index contributed by atoms with van der Waals surface area (Å²) in [5, 5.41) is 3.71. The molecule has 4 atom stereocenters. The van der Waals surface area contributed by atoms with Gasteiger partial charge in [0.25, 0.3) is 0 Å². The van der Waals surface area contributed by atoms with Crippen molar-refractivity contribution < 1.29 is 0 Å². The van der Waals surface area contributed by atoms with E-state index in [1.807, 2.05) is 0 Å². The Morgan fingerprint density at radius 3 is 2.67 bits per heavy atom. The minimum atomic E-state index is 0.309. The van der Waals surface area contributed by atoms with E-state index in [-0.39, 0.29) is 0 Å². The number of hydrogen-bond acceptors (Lipinski definition) is 2. The number of piperazine rings is 1. The molecule has 2 aliphatic carbocycles. The second-order valence-corrected chi connectivity index (χ2v) is 7.69. The van der Waals surface area contributed by atoms with Crippen LogP contribution in [0.2, 0.25) is 0 Å². The number of rotatable bonds is 3. The molecule has 3 rings (SSSR count). The Balaban J connectivity index is 1.62. The van der Waals surface area contributed by atoms with Crippen molar-refractivity contribution in [2.45, 2.75) is 64.5 Å². The molecule has 2 saturated carbocycles. The lowest BCUT2D eigenvalue weighted by Crippen LogP contribution is -2.62. The zero-order valence-electron chi connectivity index (χ0n) is 12.4. The summed E-state index contributed by atoms with van der Waals surface area (Å²) in [5.41, 5.74) is 0.309. The monoisotopic (exact) mass is 250 g/mol. The predicted molar refractivity (Wildman–Crippen MR) is 76.7 cm³/mol. The smallest absolute Gasteiger partial charge is 0.0252 e. The van der Waals surface area contributed by atoms with E-state index in [1.165, 1.54) is 45.3 Å². The Labute approximate surface area is 113 Å². The largest absolute Gasteiger partial charge is 0.309 e. The average Bonchev–Trinajstić information content (AvgIpc) is 2.90. The van der Waals surface area contributed by atoms with E-state index in [2.05, 4.69) is 31.0 Å². The van der Waals surface area contributed by atoms with Gasteiger partial charge in [0, 0.05) is 31.2 Å². The molecule has 0 amide bonds. The van der Waals surface area contributed by atoms with Gasteiger partial charge >= 0.3 is 0 Å². The van der Waals surface area contributed by atoms with Crippen LogP contribution in [0.3, 0.4) is 0 Å². The highest BCUT2D eigenvalue weighted by Crippen LogP contribution is 2.48. The fourth-order valence-electron chi connectivity index (χ4n) is 4.73. The summed E-state index contributed by atoms with van der Waals surface area (Å²) in [6, 6.07) is 0.775. The minimum Gasteiger partial charge on any atom is -0.309 e. The van der Waals surface area contributed by atoms with Gasteiger partial charge in [-0.25, -0.2) is 0 Å². The lowest BCUT2D eigenvalue weighted by Gasteiger charge is -2.46. The summed E-state index contributed by atoms with van der Waals surface area (Å²) in [7, 11) is 0. The van der Waals surface area contributed by atoms with Crippen LogP contribution in [0.4, 0.5) is 0 Å². The second kappa shape index (κ2) is 4.79. The topological polar surface area (TPSA) is 15.3 Å². The molecule has 1 N–H and O–H groups in total. The molecule has 4 unspecified atom stereocenters. The molecule has 1 heterocycles. The minimum absolute atomic E-state index is 0.309. The summed E-state index contributed by atoms with van der Waals surface area (Å²) < 4.78 is 0. The maximum atomic E-state index is 3.71. The summed E-state index contributed by atoms with van der Waals surface area (Å²) in [5.74, 6) is 3.19. The highest BCUT2D eigenvalue weighted by atomic mass is 15.2. The molecule has 3 fully saturated rings. The molecule has 2 nitrogen and oxygen atoms in total. The van der Waals surface area contributed by atoms with Crippen molar-refractivity contribution in [1.29, 1.82) is 0 Å². The molecule has 1 saturated heterocycles. The molecular formula is C16H30N2. The SMILES string of the molecule is CCC1CNC(C)(C)CN1CC1CC2CCC1C2. The first-order valence-corrected chi connectivity index (χ1v) is 8.06. The Morgan fingerprint density at radius 1 is 1.22 bits per heavy atom. The summed E-state index contributed by atoms with van der Waals surface area (Å²) in [6.45, 7) is 10.9. The third-order valence-corrected chi connectivity index (χ3v) is 5.76. The lowest BCUT2D eigenvalue weighted by molar-refractivity contribution is 0.0663. The summed E-state index contributed by atoms with van der Waals surface area (Å²) >= 11 is 0. The highest BCUT2D eigenvalue weighted by molar-refractivity contribution is 4.96. The van der Waals surface area contributed by atoms with Gasteiger partial charge in [-0.15, -0.1) is 0 Å². The van der Waals surface area contributed by atoms with Crippen molar-refractivity contribution in [2.75, 3.05) is 19.6 Å². The first-order chi connectivity index (χ1) is 8.57. The number of fused-ring (bicyclic) bond motifs is 2. The van der Waals surface area contributed by atoms with E-state index in [1.54, 1.807) is 6.42 Å². The third kappa shape index (κ3) is 2.46. The Hall–Kier alpha value is -0.0800. The normalized spacial score (nSPS) is 43.5. The van der Waals surface area contributed by atoms with E-state index < -0.39 is 0 Å². The van der Waals surface area contributed by atoms with Crippen LogP contribution in [0.15, 0.2) is 0 Å². The van der Waals surface area contributed by atoms with Gasteiger partial charge < -0.3 is 5.32 Å². The van der Waals surface area contributed by atoms with Gasteiger partial charge in [-0.3, -0.25) is 4.90 Å². The van der Waals surface area contributed by atoms with Gasteiger partial charge in [0.15, 0.2) is 0 Å². The van der Waals surface area contributed by atoms with Gasteiger partial charge in [0.2, 0.25) is 0 Å². The maximum Gasteiger partial charge on any atom is 0.0252 e. The molecular weight excluding hydrogens is 220 g/mol. The number of nitrogens with one attached hydrogen (secondary N) is 1. The molecule has 3 aliphatic rings. The maximum absolute atomic E-state index is 3.71. The molecule has 1 aliphatic heterocycles. The standard InChI is InChI=1S/C16H30N2/c1-4-15-9-17-16(2,3)11-18(15)10-14-8-12-5-6-13(14)7-12/h12-15,17H,4-11H2,1-3H3. The molecule has 0 aromatic carbocycles. The van der Waals surface area contributed by atoms with E-state index in [9.17, 15) is 0 Å². The molecule has 0 aromatic rings. The van der Waals surface area contributed by atoms with Gasteiger partial charge in [-0.05, 0) is 57.3 Å². The van der Waals surface area contributed by atoms with Crippen molar-refractivity contribution in [3.05, 3.63) is 0 Å². The fraction of sp³-hybridized carbons (Fsp3) is 1.00. The molecule has 2 bridgehead atoms. The lowest BCUT2D eigenvalue weighted by atomic mass is 9.87. The van der Waals surface area contributed by atoms with Gasteiger partial charge in [0.05, 0.1) is 0 Å². The van der Waals surface area contributed by atoms with Crippen LogP contribution in [0.1, 0.15) is 52.9 Å². The first-order valence-electron chi connectivity index (χ1n) is 8.06. The van der Waals surface area contributed by atoms with Crippen LogP contribution in [-0.2, 0) is 0 Å². The zero-order valence-corrected chi connectivity index (χ0v) is 12.4. The van der Waals surface area contributed by atoms with E-state index in [0.29, 0.717) is 5.54 Å². The number of hydrogen-bond donors (Lipinski definition) is 1. The van der Waals surface area contributed by atoms with Crippen molar-refractivity contribution in [1.82, 2.24) is 10.2 Å². The van der Waals surface area contributed by atoms with E-state index >= 15 is 0 Å². The Bertz CT molecular complexity index is 299. The fourth-order valence-corrected chi connectivity index (χ4v) is 4.73. The summed E-state index contributed by atoms with van der Waals surface area (Å²) in [6.07, 6.45) is 7.44. The van der Waals surface area contributed by atoms with E-state index in [4.69, 9.17) is 0 Å². The van der Waals surface area contributed by atoms with Crippen molar-refractivity contribution in [3.63, 3.8) is 0 Å². The predicted octanol–water partition coefficient (Wildman–Crippen LogP) is 2.89. The molecule has 18 heavy (non-hydrogen) atoms. The van der Waals surface area contributed by atoms with Crippen molar-refractivity contribution in [2.24, 2.45) is 17.8 Å². The number of nitrogens with zero attached hydrogens (tertiary/aromatic N) is 1. The van der Waals surface area contributed by atoms with Crippen molar-refractivity contribution in [3.8, 4) is 0 Å². The zero-order chi connectivity index (χ0) is 12.8. The van der Waals surface area contributed by atoms with Crippen LogP contribution in [0.5, 0.6) is 0 Å². The first kappa shape index (κ1) is 12.9. The van der Waals surface area contributed by atoms with Crippen LogP contribution in [0, 0.1) is 17.8 Å². The van der Waals surface area contributed by atoms with Gasteiger partial charge in [-0.1, -0.05) is 13.3 Å². The molecule has 104 valence electrons. The van der Waals surface area contributed by atoms with Crippen LogP contribution >= 0.6 is 0 Å². The quantitative estimate of drug-likeness (QED) is 0.828. The third-order valence-electron chi connectivity index (χ3n) is 5.76. The van der Waals surface area contributed by atoms with Gasteiger partial charge in [0.1, 0.15) is 0 Å². The Morgan fingerprint density at radius 2 is 2.06 bits per heavy atom. The second-order valence-electron chi connectivity index (χ2n) is 7.69. The highest BCUT2D eigenvalue weighted by Gasteiger charge is 2.41. The van der Waals surface area contributed by atoms with Crippen molar-refractivity contribution >= 4 is 0 Å². The molecule has 0 aromatic heterocycles. The average molecular weight is 250 g/mol. The molecule has 0 radical (unpaired) electrons. The van der Waals surface area contributed by atoms with Crippen LogP contribution in [0.25, 0.3) is 0 Å². The molecule has 0 spiro atoms.